The number of nitrogens with zero attached hydrogens (tertiary/aromatic N) is 1. The molecule has 0 saturated carbocycles. The third-order valence-electron chi connectivity index (χ3n) is 5.59. The van der Waals surface area contributed by atoms with E-state index in [1.165, 1.54) is 18.2 Å². The maximum atomic E-state index is 13.5. The lowest BCUT2D eigenvalue weighted by atomic mass is 10.1. The van der Waals surface area contributed by atoms with Gasteiger partial charge in [0.1, 0.15) is 17.3 Å². The van der Waals surface area contributed by atoms with Crippen molar-refractivity contribution in [2.24, 2.45) is 0 Å². The first-order valence-electron chi connectivity index (χ1n) is 10.8. The number of carbonyl (C=O) groups is 1. The van der Waals surface area contributed by atoms with Crippen molar-refractivity contribution in [2.45, 2.75) is 0 Å². The van der Waals surface area contributed by atoms with Crippen LogP contribution >= 0.6 is 0 Å². The summed E-state index contributed by atoms with van der Waals surface area (Å²) in [5.41, 5.74) is 1.55. The number of hydrogen-bond acceptors (Lipinski definition) is 5. The molecule has 1 aromatic heterocycles. The molecule has 5 aromatic rings. The van der Waals surface area contributed by atoms with Gasteiger partial charge in [-0.3, -0.25) is 9.78 Å². The molecule has 174 valence electrons. The number of pyridine rings is 1. The Bertz CT molecular complexity index is 1570. The molecule has 0 fully saturated rings. The fourth-order valence-electron chi connectivity index (χ4n) is 3.86. The summed E-state index contributed by atoms with van der Waals surface area (Å²) >= 11 is 0. The van der Waals surface area contributed by atoms with Gasteiger partial charge in [-0.25, -0.2) is 4.39 Å². The number of anilines is 1. The van der Waals surface area contributed by atoms with E-state index in [9.17, 15) is 9.18 Å². The van der Waals surface area contributed by atoms with Crippen LogP contribution in [0.4, 0.5) is 10.1 Å². The number of benzene rings is 4. The van der Waals surface area contributed by atoms with Crippen LogP contribution in [0, 0.1) is 5.82 Å². The van der Waals surface area contributed by atoms with Gasteiger partial charge in [-0.15, -0.1) is 0 Å². The molecule has 1 N–H and O–H groups in total. The van der Waals surface area contributed by atoms with Crippen molar-refractivity contribution in [3.05, 3.63) is 96.4 Å². The zero-order valence-corrected chi connectivity index (χ0v) is 19.0. The highest BCUT2D eigenvalue weighted by atomic mass is 19.1. The molecule has 6 nitrogen and oxygen atoms in total. The highest BCUT2D eigenvalue weighted by molar-refractivity contribution is 6.05. The van der Waals surface area contributed by atoms with Gasteiger partial charge in [0.15, 0.2) is 11.5 Å². The molecular weight excluding hydrogens is 447 g/mol. The first-order chi connectivity index (χ1) is 17.0. The maximum absolute atomic E-state index is 13.5. The first-order valence-corrected chi connectivity index (χ1v) is 10.8. The number of ether oxygens (including phenoxy) is 3. The molecule has 0 saturated heterocycles. The second-order valence-electron chi connectivity index (χ2n) is 7.82. The second kappa shape index (κ2) is 9.30. The van der Waals surface area contributed by atoms with E-state index in [0.29, 0.717) is 34.2 Å². The molecular formula is C28H21FN2O4. The number of carbonyl (C=O) groups excluding carboxylic acids is 1. The van der Waals surface area contributed by atoms with Crippen molar-refractivity contribution < 1.29 is 23.4 Å². The molecule has 0 aliphatic rings. The van der Waals surface area contributed by atoms with Crippen LogP contribution in [0.15, 0.2) is 85.1 Å². The van der Waals surface area contributed by atoms with Crippen molar-refractivity contribution in [1.82, 2.24) is 4.98 Å². The smallest absolute Gasteiger partial charge is 0.255 e. The van der Waals surface area contributed by atoms with Crippen molar-refractivity contribution >= 4 is 33.3 Å². The van der Waals surface area contributed by atoms with E-state index < -0.39 is 5.82 Å². The number of rotatable bonds is 6. The summed E-state index contributed by atoms with van der Waals surface area (Å²) in [7, 11) is 3.16. The Morgan fingerprint density at radius 1 is 0.829 bits per heavy atom. The average Bonchev–Trinajstić information content (AvgIpc) is 2.88. The van der Waals surface area contributed by atoms with Crippen LogP contribution in [0.3, 0.4) is 0 Å². The van der Waals surface area contributed by atoms with E-state index in [0.717, 1.165) is 16.2 Å². The van der Waals surface area contributed by atoms with Gasteiger partial charge < -0.3 is 19.5 Å². The van der Waals surface area contributed by atoms with E-state index >= 15 is 0 Å². The summed E-state index contributed by atoms with van der Waals surface area (Å²) in [4.78, 5) is 16.9. The molecule has 0 unspecified atom stereocenters. The summed E-state index contributed by atoms with van der Waals surface area (Å²) in [6.07, 6.45) is 1.67. The molecule has 0 aliphatic heterocycles. The predicted molar refractivity (Wildman–Crippen MR) is 133 cm³/mol. The van der Waals surface area contributed by atoms with Crippen LogP contribution < -0.4 is 19.5 Å². The number of halogens is 1. The van der Waals surface area contributed by atoms with Crippen molar-refractivity contribution in [2.75, 3.05) is 19.5 Å². The molecule has 4 aromatic carbocycles. The molecule has 7 heteroatoms. The predicted octanol–water partition coefficient (Wildman–Crippen LogP) is 6.59. The van der Waals surface area contributed by atoms with Crippen molar-refractivity contribution in [3.63, 3.8) is 0 Å². The Kier molecular flexibility index (Phi) is 5.89. The molecule has 5 rings (SSSR count). The molecule has 0 spiro atoms. The largest absolute Gasteiger partial charge is 0.493 e. The fraction of sp³-hybridized carbons (Fsp3) is 0.0714. The summed E-state index contributed by atoms with van der Waals surface area (Å²) in [5, 5.41) is 5.44. The maximum Gasteiger partial charge on any atom is 0.255 e. The van der Waals surface area contributed by atoms with Gasteiger partial charge in [-0.2, -0.15) is 0 Å². The van der Waals surface area contributed by atoms with Gasteiger partial charge >= 0.3 is 0 Å². The Morgan fingerprint density at radius 2 is 1.63 bits per heavy atom. The molecule has 35 heavy (non-hydrogen) atoms. The molecule has 0 atom stereocenters. The molecule has 0 radical (unpaired) electrons. The van der Waals surface area contributed by atoms with Crippen LogP contribution in [-0.4, -0.2) is 25.1 Å². The topological polar surface area (TPSA) is 69.7 Å². The van der Waals surface area contributed by atoms with Gasteiger partial charge in [-0.05, 0) is 65.4 Å². The lowest BCUT2D eigenvalue weighted by molar-refractivity contribution is 0.102. The molecule has 0 bridgehead atoms. The highest BCUT2D eigenvalue weighted by Crippen LogP contribution is 2.37. The van der Waals surface area contributed by atoms with E-state index in [-0.39, 0.29) is 11.5 Å². The Hall–Kier alpha value is -4.65. The lowest BCUT2D eigenvalue weighted by Crippen LogP contribution is -2.11. The van der Waals surface area contributed by atoms with E-state index in [4.69, 9.17) is 14.2 Å². The summed E-state index contributed by atoms with van der Waals surface area (Å²) in [5.74, 6) is 1.55. The van der Waals surface area contributed by atoms with Crippen LogP contribution in [-0.2, 0) is 0 Å². The van der Waals surface area contributed by atoms with E-state index in [1.807, 2.05) is 36.4 Å². The summed E-state index contributed by atoms with van der Waals surface area (Å²) in [6.45, 7) is 0. The Labute approximate surface area is 200 Å². The second-order valence-corrected chi connectivity index (χ2v) is 7.82. The van der Waals surface area contributed by atoms with E-state index in [2.05, 4.69) is 10.3 Å². The van der Waals surface area contributed by atoms with Crippen LogP contribution in [0.25, 0.3) is 21.7 Å². The van der Waals surface area contributed by atoms with Crippen LogP contribution in [0.5, 0.6) is 23.0 Å². The minimum Gasteiger partial charge on any atom is -0.493 e. The Morgan fingerprint density at radius 3 is 2.43 bits per heavy atom. The molecule has 1 heterocycles. The summed E-state index contributed by atoms with van der Waals surface area (Å²) in [6, 6.07) is 22.2. The highest BCUT2D eigenvalue weighted by Gasteiger charge is 2.12. The van der Waals surface area contributed by atoms with Gasteiger partial charge in [0.2, 0.25) is 0 Å². The number of aromatic nitrogens is 1. The number of nitrogens with one attached hydrogen (secondary N) is 1. The van der Waals surface area contributed by atoms with Gasteiger partial charge in [0.25, 0.3) is 5.91 Å². The summed E-state index contributed by atoms with van der Waals surface area (Å²) < 4.78 is 30.5. The standard InChI is InChI=1S/C28H21FN2O4/c1-33-26-15-23-24(16-27(26)34-2)30-11-10-25(23)35-22-9-7-17-6-8-21(13-19(17)14-22)31-28(32)18-4-3-5-20(29)12-18/h3-16H,1-2H3,(H,31,32). The monoisotopic (exact) mass is 468 g/mol. The Balaban J connectivity index is 1.44. The quantitative estimate of drug-likeness (QED) is 0.304. The van der Waals surface area contributed by atoms with Crippen LogP contribution in [0.1, 0.15) is 10.4 Å². The van der Waals surface area contributed by atoms with Crippen molar-refractivity contribution in [3.8, 4) is 23.0 Å². The minimum absolute atomic E-state index is 0.249. The van der Waals surface area contributed by atoms with Gasteiger partial charge in [0, 0.05) is 28.9 Å². The number of amides is 1. The molecule has 1 amide bonds. The average molecular weight is 468 g/mol. The number of fused-ring (bicyclic) bond motifs is 2. The zero-order chi connectivity index (χ0) is 24.4. The molecule has 0 aliphatic carbocycles. The number of methoxy groups -OCH3 is 2. The SMILES string of the molecule is COc1cc2nccc(Oc3ccc4ccc(NC(=O)c5cccc(F)c5)cc4c3)c2cc1OC. The third kappa shape index (κ3) is 4.56. The normalized spacial score (nSPS) is 10.8. The van der Waals surface area contributed by atoms with Crippen LogP contribution in [0.2, 0.25) is 0 Å². The van der Waals surface area contributed by atoms with Crippen molar-refractivity contribution in [1.29, 1.82) is 0 Å². The number of hydrogen-bond donors (Lipinski definition) is 1. The lowest BCUT2D eigenvalue weighted by Gasteiger charge is -2.13. The van der Waals surface area contributed by atoms with E-state index in [1.54, 1.807) is 44.7 Å². The third-order valence-corrected chi connectivity index (χ3v) is 5.59. The minimum atomic E-state index is -0.461. The van der Waals surface area contributed by atoms with Gasteiger partial charge in [0.05, 0.1) is 19.7 Å². The zero-order valence-electron chi connectivity index (χ0n) is 19.0. The first kappa shape index (κ1) is 22.2. The fourth-order valence-corrected chi connectivity index (χ4v) is 3.86. The van der Waals surface area contributed by atoms with Gasteiger partial charge in [-0.1, -0.05) is 18.2 Å².